The van der Waals surface area contributed by atoms with Gasteiger partial charge in [0.2, 0.25) is 5.91 Å². The summed E-state index contributed by atoms with van der Waals surface area (Å²) in [6.45, 7) is 7.92. The quantitative estimate of drug-likeness (QED) is 0.842. The van der Waals surface area contributed by atoms with E-state index in [1.165, 1.54) is 15.6 Å². The molecule has 2 heterocycles. The lowest BCUT2D eigenvalue weighted by Gasteiger charge is -2.22. The van der Waals surface area contributed by atoms with Crippen LogP contribution >= 0.6 is 11.3 Å². The first-order valence-corrected chi connectivity index (χ1v) is 9.90. The predicted molar refractivity (Wildman–Crippen MR) is 88.5 cm³/mol. The van der Waals surface area contributed by atoms with Crippen molar-refractivity contribution in [1.82, 2.24) is 9.21 Å². The van der Waals surface area contributed by atoms with Gasteiger partial charge in [0, 0.05) is 37.5 Å². The molecule has 0 radical (unpaired) electrons. The molecule has 1 saturated heterocycles. The monoisotopic (exact) mass is 344 g/mol. The molecular weight excluding hydrogens is 320 g/mol. The van der Waals surface area contributed by atoms with E-state index in [4.69, 9.17) is 0 Å². The van der Waals surface area contributed by atoms with E-state index in [9.17, 15) is 13.2 Å². The number of rotatable bonds is 4. The zero-order chi connectivity index (χ0) is 16.3. The number of carbonyl (C=O) groups excluding carboxylic acids is 1. The summed E-state index contributed by atoms with van der Waals surface area (Å²) in [6.07, 6.45) is 1.21. The van der Waals surface area contributed by atoms with Crippen molar-refractivity contribution in [3.05, 3.63) is 17.0 Å². The van der Waals surface area contributed by atoms with Crippen LogP contribution < -0.4 is 0 Å². The maximum atomic E-state index is 12.6. The van der Waals surface area contributed by atoms with Crippen molar-refractivity contribution >= 4 is 27.3 Å². The first-order chi connectivity index (χ1) is 10.3. The van der Waals surface area contributed by atoms with Crippen LogP contribution in [-0.4, -0.2) is 49.7 Å². The van der Waals surface area contributed by atoms with E-state index in [0.717, 1.165) is 4.88 Å². The lowest BCUT2D eigenvalue weighted by atomic mass is 10.1. The minimum absolute atomic E-state index is 0.126. The van der Waals surface area contributed by atoms with Crippen LogP contribution in [0.15, 0.2) is 16.3 Å². The molecule has 0 bridgehead atoms. The highest BCUT2D eigenvalue weighted by Gasteiger charge is 2.29. The maximum absolute atomic E-state index is 12.6. The smallest absolute Gasteiger partial charge is 0.252 e. The average molecular weight is 345 g/mol. The first-order valence-electron chi connectivity index (χ1n) is 7.65. The third-order valence-corrected chi connectivity index (χ3v) is 7.07. The van der Waals surface area contributed by atoms with Crippen molar-refractivity contribution in [3.63, 3.8) is 0 Å². The normalized spacial score (nSPS) is 17.7. The Balaban J connectivity index is 2.05. The van der Waals surface area contributed by atoms with E-state index in [-0.39, 0.29) is 5.91 Å². The molecule has 0 aromatic carbocycles. The number of hydrogen-bond donors (Lipinski definition) is 0. The number of sulfonamides is 1. The van der Waals surface area contributed by atoms with Gasteiger partial charge in [-0.15, -0.1) is 11.3 Å². The fourth-order valence-electron chi connectivity index (χ4n) is 2.54. The van der Waals surface area contributed by atoms with Gasteiger partial charge >= 0.3 is 0 Å². The number of carbonyl (C=O) groups is 1. The van der Waals surface area contributed by atoms with Crippen LogP contribution in [0.3, 0.4) is 0 Å². The van der Waals surface area contributed by atoms with Crippen molar-refractivity contribution in [2.24, 2.45) is 5.92 Å². The van der Waals surface area contributed by atoms with Crippen molar-refractivity contribution in [2.75, 3.05) is 26.2 Å². The lowest BCUT2D eigenvalue weighted by molar-refractivity contribution is -0.131. The van der Waals surface area contributed by atoms with Crippen molar-refractivity contribution in [2.45, 2.75) is 37.8 Å². The Hall–Kier alpha value is -0.920. The van der Waals surface area contributed by atoms with Crippen LogP contribution in [0.25, 0.3) is 0 Å². The SMILES string of the molecule is Cc1ccc(S(=O)(=O)N2CCCN(C(=O)CC(C)C)CC2)s1. The van der Waals surface area contributed by atoms with Gasteiger partial charge in [0.25, 0.3) is 10.0 Å². The van der Waals surface area contributed by atoms with Gasteiger partial charge in [-0.3, -0.25) is 4.79 Å². The number of nitrogens with zero attached hydrogens (tertiary/aromatic N) is 2. The fraction of sp³-hybridized carbons (Fsp3) is 0.667. The molecule has 2 rings (SSSR count). The molecule has 0 atom stereocenters. The van der Waals surface area contributed by atoms with Crippen molar-refractivity contribution in [3.8, 4) is 0 Å². The Morgan fingerprint density at radius 2 is 1.95 bits per heavy atom. The minimum Gasteiger partial charge on any atom is -0.341 e. The Morgan fingerprint density at radius 3 is 2.55 bits per heavy atom. The van der Waals surface area contributed by atoms with E-state index in [1.807, 2.05) is 26.8 Å². The summed E-state index contributed by atoms with van der Waals surface area (Å²) in [5.74, 6) is 0.450. The standard InChI is InChI=1S/C15H24N2O3S2/c1-12(2)11-14(18)16-7-4-8-17(10-9-16)22(19,20)15-6-5-13(3)21-15/h5-6,12H,4,7-11H2,1-3H3. The molecule has 1 aromatic rings. The second-order valence-corrected chi connectivity index (χ2v) is 9.55. The van der Waals surface area contributed by atoms with Gasteiger partial charge in [-0.1, -0.05) is 13.8 Å². The number of amides is 1. The number of thiophene rings is 1. The Labute approximate surface area is 137 Å². The van der Waals surface area contributed by atoms with E-state index in [1.54, 1.807) is 11.0 Å². The third kappa shape index (κ3) is 4.08. The molecule has 1 aliphatic heterocycles. The average Bonchev–Trinajstić information content (AvgIpc) is 2.73. The third-order valence-electron chi connectivity index (χ3n) is 3.70. The fourth-order valence-corrected chi connectivity index (χ4v) is 5.45. The lowest BCUT2D eigenvalue weighted by Crippen LogP contribution is -2.37. The van der Waals surface area contributed by atoms with Gasteiger partial charge in [-0.05, 0) is 31.4 Å². The molecule has 0 aliphatic carbocycles. The second-order valence-electron chi connectivity index (χ2n) is 6.10. The van der Waals surface area contributed by atoms with Crippen molar-refractivity contribution < 1.29 is 13.2 Å². The van der Waals surface area contributed by atoms with Crippen molar-refractivity contribution in [1.29, 1.82) is 0 Å². The molecule has 0 spiro atoms. The van der Waals surface area contributed by atoms with Gasteiger partial charge in [-0.25, -0.2) is 8.42 Å². The van der Waals surface area contributed by atoms with Gasteiger partial charge in [0.15, 0.2) is 0 Å². The highest BCUT2D eigenvalue weighted by atomic mass is 32.2. The predicted octanol–water partition coefficient (Wildman–Crippen LogP) is 2.33. The van der Waals surface area contributed by atoms with Gasteiger partial charge in [0.05, 0.1) is 0 Å². The summed E-state index contributed by atoms with van der Waals surface area (Å²) in [6, 6.07) is 3.50. The Kier molecular flexibility index (Phi) is 5.63. The summed E-state index contributed by atoms with van der Waals surface area (Å²) in [5, 5.41) is 0. The number of aryl methyl sites for hydroxylation is 1. The maximum Gasteiger partial charge on any atom is 0.252 e. The van der Waals surface area contributed by atoms with E-state index in [2.05, 4.69) is 0 Å². The highest BCUT2D eigenvalue weighted by Crippen LogP contribution is 2.25. The first kappa shape index (κ1) is 17.4. The van der Waals surface area contributed by atoms with Crippen LogP contribution in [0, 0.1) is 12.8 Å². The molecule has 1 fully saturated rings. The Morgan fingerprint density at radius 1 is 1.23 bits per heavy atom. The molecule has 22 heavy (non-hydrogen) atoms. The molecular formula is C15H24N2O3S2. The zero-order valence-electron chi connectivity index (χ0n) is 13.4. The summed E-state index contributed by atoms with van der Waals surface area (Å²) < 4.78 is 27.2. The summed E-state index contributed by atoms with van der Waals surface area (Å²) in [7, 11) is -3.42. The second kappa shape index (κ2) is 7.10. The molecule has 0 N–H and O–H groups in total. The van der Waals surface area contributed by atoms with Crippen LogP contribution in [0.2, 0.25) is 0 Å². The molecule has 0 saturated carbocycles. The van der Waals surface area contributed by atoms with Gasteiger partial charge in [0.1, 0.15) is 4.21 Å². The summed E-state index contributed by atoms with van der Waals surface area (Å²) >= 11 is 1.30. The van der Waals surface area contributed by atoms with E-state index in [0.29, 0.717) is 49.1 Å². The molecule has 1 aromatic heterocycles. The number of hydrogen-bond acceptors (Lipinski definition) is 4. The molecule has 1 amide bonds. The Bertz CT molecular complexity index is 622. The largest absolute Gasteiger partial charge is 0.341 e. The van der Waals surface area contributed by atoms with E-state index >= 15 is 0 Å². The van der Waals surface area contributed by atoms with Gasteiger partial charge < -0.3 is 4.90 Å². The summed E-state index contributed by atoms with van der Waals surface area (Å²) in [4.78, 5) is 14.9. The molecule has 124 valence electrons. The van der Waals surface area contributed by atoms with Gasteiger partial charge in [-0.2, -0.15) is 4.31 Å². The van der Waals surface area contributed by atoms with Crippen LogP contribution in [0.1, 0.15) is 31.6 Å². The molecule has 7 heteroatoms. The highest BCUT2D eigenvalue weighted by molar-refractivity contribution is 7.91. The van der Waals surface area contributed by atoms with Crippen LogP contribution in [0.4, 0.5) is 0 Å². The molecule has 5 nitrogen and oxygen atoms in total. The molecule has 0 unspecified atom stereocenters. The molecule has 1 aliphatic rings. The zero-order valence-corrected chi connectivity index (χ0v) is 15.0. The topological polar surface area (TPSA) is 57.7 Å². The van der Waals surface area contributed by atoms with Crippen LogP contribution in [0.5, 0.6) is 0 Å². The van der Waals surface area contributed by atoms with E-state index < -0.39 is 10.0 Å². The van der Waals surface area contributed by atoms with Crippen LogP contribution in [-0.2, 0) is 14.8 Å². The summed E-state index contributed by atoms with van der Waals surface area (Å²) in [5.41, 5.74) is 0. The minimum atomic E-state index is -3.42.